The first kappa shape index (κ1) is 16.3. The van der Waals surface area contributed by atoms with Crippen molar-refractivity contribution in [1.82, 2.24) is 14.7 Å². The van der Waals surface area contributed by atoms with Gasteiger partial charge in [0.2, 0.25) is 0 Å². The Morgan fingerprint density at radius 2 is 2.00 bits per heavy atom. The summed E-state index contributed by atoms with van der Waals surface area (Å²) in [6.45, 7) is 2.09. The maximum Gasteiger partial charge on any atom is 0.127 e. The van der Waals surface area contributed by atoms with Gasteiger partial charge in [0.05, 0.1) is 26.5 Å². The lowest BCUT2D eigenvalue weighted by Crippen LogP contribution is -2.27. The highest BCUT2D eigenvalue weighted by atomic mass is 16.5. The molecule has 1 aromatic carbocycles. The first-order valence-electron chi connectivity index (χ1n) is 7.19. The minimum absolute atomic E-state index is 0.107. The number of benzene rings is 1. The molecule has 0 atom stereocenters. The van der Waals surface area contributed by atoms with Crippen LogP contribution in [0.15, 0.2) is 30.5 Å². The molecule has 120 valence electrons. The number of methoxy groups -OCH3 is 2. The van der Waals surface area contributed by atoms with Crippen molar-refractivity contribution in [3.8, 4) is 11.5 Å². The molecule has 0 aliphatic rings. The van der Waals surface area contributed by atoms with Crippen LogP contribution in [0.4, 0.5) is 0 Å². The number of aliphatic hydroxyl groups is 1. The molecule has 0 aliphatic carbocycles. The quantitative estimate of drug-likeness (QED) is 0.799. The lowest BCUT2D eigenvalue weighted by molar-refractivity contribution is 0.179. The molecule has 0 saturated heterocycles. The molecule has 0 aliphatic heterocycles. The zero-order valence-corrected chi connectivity index (χ0v) is 13.3. The number of rotatable bonds is 8. The molecule has 0 fully saturated rings. The van der Waals surface area contributed by atoms with Gasteiger partial charge in [-0.2, -0.15) is 5.10 Å². The first-order valence-corrected chi connectivity index (χ1v) is 7.19. The third kappa shape index (κ3) is 3.99. The predicted octanol–water partition coefficient (Wildman–Crippen LogP) is 1.43. The summed E-state index contributed by atoms with van der Waals surface area (Å²) in [4.78, 5) is 2.15. The van der Waals surface area contributed by atoms with Gasteiger partial charge in [-0.05, 0) is 12.1 Å². The normalized spacial score (nSPS) is 11.0. The number of aromatic nitrogens is 2. The predicted molar refractivity (Wildman–Crippen MR) is 84.0 cm³/mol. The third-order valence-electron chi connectivity index (χ3n) is 3.61. The molecule has 0 bridgehead atoms. The average Bonchev–Trinajstić information content (AvgIpc) is 2.93. The molecule has 0 unspecified atom stereocenters. The fourth-order valence-electron chi connectivity index (χ4n) is 2.36. The van der Waals surface area contributed by atoms with E-state index >= 15 is 0 Å². The monoisotopic (exact) mass is 305 g/mol. The van der Waals surface area contributed by atoms with Crippen molar-refractivity contribution in [2.45, 2.75) is 13.1 Å². The topological polar surface area (TPSA) is 59.8 Å². The van der Waals surface area contributed by atoms with Crippen molar-refractivity contribution in [3.05, 3.63) is 41.7 Å². The van der Waals surface area contributed by atoms with E-state index in [9.17, 15) is 5.11 Å². The molecule has 6 heteroatoms. The number of aliphatic hydroxyl groups excluding tert-OH is 1. The molecular weight excluding hydrogens is 282 g/mol. The van der Waals surface area contributed by atoms with Gasteiger partial charge in [-0.1, -0.05) is 6.07 Å². The summed E-state index contributed by atoms with van der Waals surface area (Å²) in [5.41, 5.74) is 2.15. The second kappa shape index (κ2) is 7.82. The minimum Gasteiger partial charge on any atom is -0.497 e. The minimum atomic E-state index is 0.107. The summed E-state index contributed by atoms with van der Waals surface area (Å²) < 4.78 is 12.5. The number of aryl methyl sites for hydroxylation is 1. The van der Waals surface area contributed by atoms with Crippen LogP contribution in [0.5, 0.6) is 11.5 Å². The van der Waals surface area contributed by atoms with Crippen molar-refractivity contribution < 1.29 is 14.6 Å². The zero-order chi connectivity index (χ0) is 15.9. The Hall–Kier alpha value is -2.05. The van der Waals surface area contributed by atoms with Crippen molar-refractivity contribution in [3.63, 3.8) is 0 Å². The van der Waals surface area contributed by atoms with Crippen molar-refractivity contribution in [2.24, 2.45) is 7.05 Å². The summed E-state index contributed by atoms with van der Waals surface area (Å²) in [7, 11) is 5.20. The van der Waals surface area contributed by atoms with Crippen LogP contribution in [0.25, 0.3) is 0 Å². The van der Waals surface area contributed by atoms with E-state index < -0.39 is 0 Å². The summed E-state index contributed by atoms with van der Waals surface area (Å²) in [5, 5.41) is 13.5. The van der Waals surface area contributed by atoms with Crippen molar-refractivity contribution in [1.29, 1.82) is 0 Å². The Kier molecular flexibility index (Phi) is 5.80. The largest absolute Gasteiger partial charge is 0.497 e. The van der Waals surface area contributed by atoms with E-state index in [-0.39, 0.29) is 6.61 Å². The highest BCUT2D eigenvalue weighted by Crippen LogP contribution is 2.26. The highest BCUT2D eigenvalue weighted by Gasteiger charge is 2.12. The summed E-state index contributed by atoms with van der Waals surface area (Å²) in [6.07, 6.45) is 1.78. The molecule has 1 heterocycles. The molecule has 0 saturated carbocycles. The van der Waals surface area contributed by atoms with Crippen LogP contribution in [-0.2, 0) is 20.1 Å². The van der Waals surface area contributed by atoms with Crippen LogP contribution in [0.2, 0.25) is 0 Å². The molecule has 0 amide bonds. The van der Waals surface area contributed by atoms with Gasteiger partial charge in [-0.15, -0.1) is 0 Å². The van der Waals surface area contributed by atoms with E-state index in [0.29, 0.717) is 19.6 Å². The molecule has 22 heavy (non-hydrogen) atoms. The van der Waals surface area contributed by atoms with E-state index in [0.717, 1.165) is 22.8 Å². The van der Waals surface area contributed by atoms with Crippen LogP contribution in [0, 0.1) is 0 Å². The van der Waals surface area contributed by atoms with Gasteiger partial charge in [-0.3, -0.25) is 9.58 Å². The third-order valence-corrected chi connectivity index (χ3v) is 3.61. The lowest BCUT2D eigenvalue weighted by Gasteiger charge is -2.22. The van der Waals surface area contributed by atoms with Gasteiger partial charge in [0.15, 0.2) is 0 Å². The standard InChI is InChI=1S/C16H23N3O3/c1-18-14(6-7-17-18)12-19(8-9-20)11-13-4-5-15(21-2)10-16(13)22-3/h4-7,10,20H,8-9,11-12H2,1-3H3. The Bertz CT molecular complexity index is 598. The zero-order valence-electron chi connectivity index (χ0n) is 13.3. The van der Waals surface area contributed by atoms with Crippen LogP contribution in [0.3, 0.4) is 0 Å². The van der Waals surface area contributed by atoms with Crippen LogP contribution >= 0.6 is 0 Å². The fourth-order valence-corrected chi connectivity index (χ4v) is 2.36. The van der Waals surface area contributed by atoms with E-state index in [1.807, 2.05) is 36.0 Å². The van der Waals surface area contributed by atoms with Gasteiger partial charge in [-0.25, -0.2) is 0 Å². The molecule has 0 radical (unpaired) electrons. The van der Waals surface area contributed by atoms with Gasteiger partial charge in [0.25, 0.3) is 0 Å². The summed E-state index contributed by atoms with van der Waals surface area (Å²) in [6, 6.07) is 7.76. The van der Waals surface area contributed by atoms with Gasteiger partial charge < -0.3 is 14.6 Å². The Balaban J connectivity index is 2.15. The van der Waals surface area contributed by atoms with Crippen LogP contribution in [0.1, 0.15) is 11.3 Å². The second-order valence-corrected chi connectivity index (χ2v) is 5.06. The maximum atomic E-state index is 9.31. The van der Waals surface area contributed by atoms with Crippen molar-refractivity contribution >= 4 is 0 Å². The fraction of sp³-hybridized carbons (Fsp3) is 0.438. The van der Waals surface area contributed by atoms with Crippen LogP contribution < -0.4 is 9.47 Å². The SMILES string of the molecule is COc1ccc(CN(CCO)Cc2ccnn2C)c(OC)c1. The molecule has 0 spiro atoms. The Morgan fingerprint density at radius 3 is 2.59 bits per heavy atom. The Morgan fingerprint density at radius 1 is 1.18 bits per heavy atom. The number of hydrogen-bond acceptors (Lipinski definition) is 5. The molecular formula is C16H23N3O3. The number of ether oxygens (including phenoxy) is 2. The maximum absolute atomic E-state index is 9.31. The van der Waals surface area contributed by atoms with E-state index in [1.165, 1.54) is 0 Å². The molecule has 2 rings (SSSR count). The molecule has 1 N–H and O–H groups in total. The van der Waals surface area contributed by atoms with Crippen molar-refractivity contribution in [2.75, 3.05) is 27.4 Å². The molecule has 1 aromatic heterocycles. The van der Waals surface area contributed by atoms with Gasteiger partial charge in [0, 0.05) is 44.5 Å². The van der Waals surface area contributed by atoms with E-state index in [4.69, 9.17) is 9.47 Å². The lowest BCUT2D eigenvalue weighted by atomic mass is 10.1. The smallest absolute Gasteiger partial charge is 0.127 e. The second-order valence-electron chi connectivity index (χ2n) is 5.06. The van der Waals surface area contributed by atoms with Gasteiger partial charge in [0.1, 0.15) is 11.5 Å². The number of hydrogen-bond donors (Lipinski definition) is 1. The summed E-state index contributed by atoms with van der Waals surface area (Å²) >= 11 is 0. The molecule has 6 nitrogen and oxygen atoms in total. The average molecular weight is 305 g/mol. The van der Waals surface area contributed by atoms with Gasteiger partial charge >= 0.3 is 0 Å². The van der Waals surface area contributed by atoms with E-state index in [1.54, 1.807) is 20.4 Å². The Labute approximate surface area is 130 Å². The van der Waals surface area contributed by atoms with Crippen LogP contribution in [-0.4, -0.2) is 47.2 Å². The summed E-state index contributed by atoms with van der Waals surface area (Å²) in [5.74, 6) is 1.55. The highest BCUT2D eigenvalue weighted by molar-refractivity contribution is 5.40. The van der Waals surface area contributed by atoms with E-state index in [2.05, 4.69) is 10.00 Å². The molecule has 2 aromatic rings. The first-order chi connectivity index (χ1) is 10.7. The number of nitrogens with zero attached hydrogens (tertiary/aromatic N) is 3.